The molecular formula is C13H13Cl4N3O2S. The van der Waals surface area contributed by atoms with E-state index in [9.17, 15) is 9.59 Å². The molecule has 1 aromatic carbocycles. The molecule has 0 atom stereocenters. The van der Waals surface area contributed by atoms with Gasteiger partial charge >= 0.3 is 0 Å². The van der Waals surface area contributed by atoms with Crippen LogP contribution in [0.1, 0.15) is 19.8 Å². The van der Waals surface area contributed by atoms with Gasteiger partial charge in [0.1, 0.15) is 0 Å². The summed E-state index contributed by atoms with van der Waals surface area (Å²) in [5.74, 6) is -1.02. The normalized spacial score (nSPS) is 10.8. The Hall–Kier alpha value is -0.790. The Balaban J connectivity index is 2.78. The molecule has 0 heterocycles. The fourth-order valence-electron chi connectivity index (χ4n) is 1.48. The van der Waals surface area contributed by atoms with Crippen LogP contribution >= 0.6 is 58.6 Å². The molecule has 2 amide bonds. The van der Waals surface area contributed by atoms with Crippen LogP contribution in [-0.2, 0) is 9.59 Å². The summed E-state index contributed by atoms with van der Waals surface area (Å²) in [6, 6.07) is 4.79. The number of alkyl halides is 3. The zero-order valence-corrected chi connectivity index (χ0v) is 15.7. The molecule has 0 saturated heterocycles. The zero-order chi connectivity index (χ0) is 17.6. The van der Waals surface area contributed by atoms with Crippen molar-refractivity contribution in [1.82, 2.24) is 5.32 Å². The molecule has 0 aliphatic rings. The van der Waals surface area contributed by atoms with E-state index in [-0.39, 0.29) is 11.0 Å². The SMILES string of the molecule is CCCC(=O)Nc1ccc(Cl)c(NC(=S)NC(=O)C(Cl)(Cl)Cl)c1. The van der Waals surface area contributed by atoms with Crippen molar-refractivity contribution >= 4 is 86.9 Å². The third kappa shape index (κ3) is 7.10. The molecule has 10 heteroatoms. The van der Waals surface area contributed by atoms with Gasteiger partial charge in [-0.2, -0.15) is 0 Å². The molecule has 0 fully saturated rings. The standard InChI is InChI=1S/C13H13Cl4N3O2S/c1-2-3-10(21)18-7-4-5-8(14)9(6-7)19-12(23)20-11(22)13(15,16)17/h4-6H,2-3H2,1H3,(H,18,21)(H2,19,20,22,23). The Bertz CT molecular complexity index is 620. The summed E-state index contributed by atoms with van der Waals surface area (Å²) in [7, 11) is 0. The lowest BCUT2D eigenvalue weighted by molar-refractivity contribution is -0.119. The maximum absolute atomic E-state index is 11.6. The molecule has 126 valence electrons. The average molecular weight is 417 g/mol. The predicted octanol–water partition coefficient (Wildman–Crippen LogP) is 4.26. The Morgan fingerprint density at radius 2 is 1.87 bits per heavy atom. The van der Waals surface area contributed by atoms with Crippen LogP contribution in [0, 0.1) is 0 Å². The highest BCUT2D eigenvalue weighted by Gasteiger charge is 2.31. The van der Waals surface area contributed by atoms with E-state index in [1.807, 2.05) is 6.92 Å². The van der Waals surface area contributed by atoms with Crippen LogP contribution in [0.15, 0.2) is 18.2 Å². The summed E-state index contributed by atoms with van der Waals surface area (Å²) in [4.78, 5) is 23.1. The average Bonchev–Trinajstić information content (AvgIpc) is 2.41. The van der Waals surface area contributed by atoms with Crippen LogP contribution in [-0.4, -0.2) is 20.7 Å². The molecule has 1 rings (SSSR count). The molecule has 0 spiro atoms. The summed E-state index contributed by atoms with van der Waals surface area (Å²) < 4.78 is -2.13. The molecule has 0 aromatic heterocycles. The van der Waals surface area contributed by atoms with Crippen LogP contribution in [0.25, 0.3) is 0 Å². The van der Waals surface area contributed by atoms with E-state index in [4.69, 9.17) is 58.6 Å². The van der Waals surface area contributed by atoms with Crippen LogP contribution in [0.4, 0.5) is 11.4 Å². The lowest BCUT2D eigenvalue weighted by Gasteiger charge is -2.15. The molecule has 0 aliphatic heterocycles. The van der Waals surface area contributed by atoms with E-state index in [0.29, 0.717) is 22.8 Å². The first-order chi connectivity index (χ1) is 10.6. The number of nitrogens with one attached hydrogen (secondary N) is 3. The van der Waals surface area contributed by atoms with Gasteiger partial charge in [-0.25, -0.2) is 0 Å². The molecule has 0 radical (unpaired) electrons. The fourth-order valence-corrected chi connectivity index (χ4v) is 1.99. The van der Waals surface area contributed by atoms with Gasteiger partial charge in [-0.1, -0.05) is 53.3 Å². The summed E-state index contributed by atoms with van der Waals surface area (Å²) in [6.07, 6.45) is 1.14. The Morgan fingerprint density at radius 3 is 2.43 bits per heavy atom. The molecule has 0 saturated carbocycles. The summed E-state index contributed by atoms with van der Waals surface area (Å²) in [5, 5.41) is 7.87. The molecule has 0 aliphatic carbocycles. The first-order valence-electron chi connectivity index (χ1n) is 6.42. The molecule has 0 bridgehead atoms. The number of halogens is 4. The number of rotatable bonds is 4. The Labute approximate surface area is 159 Å². The third-order valence-electron chi connectivity index (χ3n) is 2.46. The molecule has 3 N–H and O–H groups in total. The Kier molecular flexibility index (Phi) is 7.83. The summed E-state index contributed by atoms with van der Waals surface area (Å²) >= 11 is 27.3. The maximum atomic E-state index is 11.6. The first kappa shape index (κ1) is 20.3. The van der Waals surface area contributed by atoms with E-state index < -0.39 is 9.70 Å². The molecule has 1 aromatic rings. The number of thiocarbonyl (C=S) groups is 1. The highest BCUT2D eigenvalue weighted by molar-refractivity contribution is 7.80. The number of amides is 2. The van der Waals surface area contributed by atoms with Crippen molar-refractivity contribution in [3.8, 4) is 0 Å². The largest absolute Gasteiger partial charge is 0.331 e. The van der Waals surface area contributed by atoms with E-state index in [0.717, 1.165) is 6.42 Å². The fraction of sp³-hybridized carbons (Fsp3) is 0.308. The second kappa shape index (κ2) is 8.89. The summed E-state index contributed by atoms with van der Waals surface area (Å²) in [6.45, 7) is 1.90. The molecule has 23 heavy (non-hydrogen) atoms. The highest BCUT2D eigenvalue weighted by atomic mass is 35.6. The van der Waals surface area contributed by atoms with Crippen molar-refractivity contribution in [2.75, 3.05) is 10.6 Å². The van der Waals surface area contributed by atoms with Gasteiger partial charge in [0.25, 0.3) is 9.70 Å². The number of hydrogen-bond donors (Lipinski definition) is 3. The Morgan fingerprint density at radius 1 is 1.22 bits per heavy atom. The topological polar surface area (TPSA) is 70.2 Å². The van der Waals surface area contributed by atoms with Crippen molar-refractivity contribution < 1.29 is 9.59 Å². The second-order valence-corrected chi connectivity index (χ2v) is 7.50. The number of benzene rings is 1. The number of carbonyl (C=O) groups is 2. The first-order valence-corrected chi connectivity index (χ1v) is 8.34. The highest BCUT2D eigenvalue weighted by Crippen LogP contribution is 2.27. The van der Waals surface area contributed by atoms with Gasteiger partial charge in [0, 0.05) is 12.1 Å². The van der Waals surface area contributed by atoms with E-state index >= 15 is 0 Å². The van der Waals surface area contributed by atoms with Crippen molar-refractivity contribution in [2.45, 2.75) is 23.6 Å². The minimum atomic E-state index is -2.13. The minimum absolute atomic E-state index is 0.0970. The van der Waals surface area contributed by atoms with Gasteiger partial charge in [-0.05, 0) is 36.8 Å². The monoisotopic (exact) mass is 415 g/mol. The summed E-state index contributed by atoms with van der Waals surface area (Å²) in [5.41, 5.74) is 0.918. The lowest BCUT2D eigenvalue weighted by atomic mass is 10.2. The van der Waals surface area contributed by atoms with E-state index in [1.165, 1.54) is 0 Å². The molecule has 0 unspecified atom stereocenters. The van der Waals surface area contributed by atoms with Crippen LogP contribution in [0.5, 0.6) is 0 Å². The molecule has 5 nitrogen and oxygen atoms in total. The van der Waals surface area contributed by atoms with Gasteiger partial charge in [-0.3, -0.25) is 14.9 Å². The van der Waals surface area contributed by atoms with Gasteiger partial charge in [0.05, 0.1) is 10.7 Å². The third-order valence-corrected chi connectivity index (χ3v) is 3.51. The van der Waals surface area contributed by atoms with E-state index in [2.05, 4.69) is 16.0 Å². The second-order valence-electron chi connectivity index (χ2n) is 4.40. The number of hydrogen-bond acceptors (Lipinski definition) is 3. The maximum Gasteiger partial charge on any atom is 0.278 e. The van der Waals surface area contributed by atoms with Crippen molar-refractivity contribution in [1.29, 1.82) is 0 Å². The van der Waals surface area contributed by atoms with Gasteiger partial charge < -0.3 is 10.6 Å². The van der Waals surface area contributed by atoms with Gasteiger partial charge in [0.15, 0.2) is 5.11 Å². The van der Waals surface area contributed by atoms with Crippen molar-refractivity contribution in [2.24, 2.45) is 0 Å². The van der Waals surface area contributed by atoms with Crippen molar-refractivity contribution in [3.63, 3.8) is 0 Å². The number of anilines is 2. The number of carbonyl (C=O) groups excluding carboxylic acids is 2. The minimum Gasteiger partial charge on any atom is -0.331 e. The van der Waals surface area contributed by atoms with Crippen LogP contribution in [0.2, 0.25) is 5.02 Å². The molecular weight excluding hydrogens is 404 g/mol. The van der Waals surface area contributed by atoms with Crippen LogP contribution < -0.4 is 16.0 Å². The van der Waals surface area contributed by atoms with E-state index in [1.54, 1.807) is 18.2 Å². The zero-order valence-electron chi connectivity index (χ0n) is 11.9. The lowest BCUT2D eigenvalue weighted by Crippen LogP contribution is -2.41. The predicted molar refractivity (Wildman–Crippen MR) is 99.6 cm³/mol. The van der Waals surface area contributed by atoms with Gasteiger partial charge in [-0.15, -0.1) is 0 Å². The quantitative estimate of drug-likeness (QED) is 0.506. The van der Waals surface area contributed by atoms with Gasteiger partial charge in [0.2, 0.25) is 5.91 Å². The van der Waals surface area contributed by atoms with Crippen LogP contribution in [0.3, 0.4) is 0 Å². The smallest absolute Gasteiger partial charge is 0.278 e. The van der Waals surface area contributed by atoms with Crippen molar-refractivity contribution in [3.05, 3.63) is 23.2 Å².